The van der Waals surface area contributed by atoms with Crippen molar-refractivity contribution in [2.75, 3.05) is 16.4 Å². The van der Waals surface area contributed by atoms with Gasteiger partial charge in [-0.1, -0.05) is 46.8 Å². The molecule has 0 atom stereocenters. The van der Waals surface area contributed by atoms with E-state index in [0.717, 1.165) is 41.3 Å². The van der Waals surface area contributed by atoms with Crippen LogP contribution in [0, 0.1) is 5.82 Å². The number of aromatic nitrogens is 2. The van der Waals surface area contributed by atoms with E-state index in [1.807, 2.05) is 0 Å². The van der Waals surface area contributed by atoms with Crippen LogP contribution in [-0.2, 0) is 22.2 Å². The second-order valence-electron chi connectivity index (χ2n) is 6.25. The van der Waals surface area contributed by atoms with E-state index in [-0.39, 0.29) is 33.9 Å². The Labute approximate surface area is 192 Å². The zero-order valence-electron chi connectivity index (χ0n) is 15.9. The maximum absolute atomic E-state index is 12.9. The number of alkyl halides is 3. The predicted molar refractivity (Wildman–Crippen MR) is 114 cm³/mol. The first-order valence-corrected chi connectivity index (χ1v) is 11.0. The largest absolute Gasteiger partial charge is 0.416 e. The normalized spacial score (nSPS) is 11.3. The molecule has 13 heteroatoms. The molecule has 0 radical (unpaired) electrons. The summed E-state index contributed by atoms with van der Waals surface area (Å²) in [6.45, 7) is 0. The second kappa shape index (κ2) is 10.3. The number of carbonyl (C=O) groups is 2. The van der Waals surface area contributed by atoms with Crippen molar-refractivity contribution in [2.45, 2.75) is 16.9 Å². The van der Waals surface area contributed by atoms with Crippen molar-refractivity contribution in [1.29, 1.82) is 0 Å². The van der Waals surface area contributed by atoms with Gasteiger partial charge < -0.3 is 10.6 Å². The fourth-order valence-corrected chi connectivity index (χ4v) is 4.11. The molecule has 2 N–H and O–H groups in total. The Morgan fingerprint density at radius 3 is 2.44 bits per heavy atom. The number of nitrogens with zero attached hydrogens (tertiary/aromatic N) is 2. The quantitative estimate of drug-likeness (QED) is 0.260. The van der Waals surface area contributed by atoms with Crippen molar-refractivity contribution in [3.63, 3.8) is 0 Å². The highest BCUT2D eigenvalue weighted by molar-refractivity contribution is 8.01. The van der Waals surface area contributed by atoms with Crippen LogP contribution in [0.5, 0.6) is 0 Å². The number of carbonyl (C=O) groups excluding carboxylic acids is 2. The molecule has 168 valence electrons. The molecule has 0 fully saturated rings. The molecule has 0 saturated heterocycles. The maximum Gasteiger partial charge on any atom is 0.416 e. The number of hydrogen-bond donors (Lipinski definition) is 2. The molecule has 32 heavy (non-hydrogen) atoms. The highest BCUT2D eigenvalue weighted by Crippen LogP contribution is 2.34. The molecule has 6 nitrogen and oxygen atoms in total. The van der Waals surface area contributed by atoms with Crippen molar-refractivity contribution in [3.8, 4) is 0 Å². The van der Waals surface area contributed by atoms with Crippen LogP contribution >= 0.6 is 34.7 Å². The summed E-state index contributed by atoms with van der Waals surface area (Å²) in [4.78, 5) is 24.1. The van der Waals surface area contributed by atoms with Crippen LogP contribution in [0.2, 0.25) is 5.02 Å². The molecule has 0 unspecified atom stereocenters. The van der Waals surface area contributed by atoms with E-state index in [1.165, 1.54) is 24.3 Å². The Kier molecular flexibility index (Phi) is 7.69. The first kappa shape index (κ1) is 24.0. The second-order valence-corrected chi connectivity index (χ2v) is 8.86. The lowest BCUT2D eigenvalue weighted by molar-refractivity contribution is -0.137. The van der Waals surface area contributed by atoms with Crippen molar-refractivity contribution in [3.05, 3.63) is 64.4 Å². The lowest BCUT2D eigenvalue weighted by Crippen LogP contribution is -2.15. The Bertz CT molecular complexity index is 1120. The van der Waals surface area contributed by atoms with E-state index in [2.05, 4.69) is 20.8 Å². The van der Waals surface area contributed by atoms with Crippen molar-refractivity contribution < 1.29 is 27.2 Å². The third-order valence-electron chi connectivity index (χ3n) is 3.83. The van der Waals surface area contributed by atoms with Gasteiger partial charge in [-0.15, -0.1) is 10.2 Å². The minimum absolute atomic E-state index is 0.0164. The molecule has 1 heterocycles. The number of halogens is 5. The van der Waals surface area contributed by atoms with E-state index in [4.69, 9.17) is 11.6 Å². The van der Waals surface area contributed by atoms with E-state index in [0.29, 0.717) is 9.90 Å². The molecule has 0 aliphatic rings. The molecular formula is C19H13ClF4N4O2S2. The minimum atomic E-state index is -4.57. The summed E-state index contributed by atoms with van der Waals surface area (Å²) >= 11 is 7.87. The number of nitrogens with one attached hydrogen (secondary N) is 2. The fraction of sp³-hybridized carbons (Fsp3) is 0.158. The average Bonchev–Trinajstić information content (AvgIpc) is 3.16. The van der Waals surface area contributed by atoms with Gasteiger partial charge in [-0.2, -0.15) is 13.2 Å². The highest BCUT2D eigenvalue weighted by Gasteiger charge is 2.31. The number of thioether (sulfide) groups is 1. The SMILES string of the molecule is O=C(Cc1ccc(F)cc1)Nc1nnc(SCC(=O)Nc2cc(C(F)(F)F)ccc2Cl)s1. The summed E-state index contributed by atoms with van der Waals surface area (Å²) in [6, 6.07) is 8.11. The molecule has 0 aliphatic heterocycles. The van der Waals surface area contributed by atoms with E-state index in [9.17, 15) is 27.2 Å². The Morgan fingerprint density at radius 2 is 1.75 bits per heavy atom. The molecule has 3 aromatic rings. The fourth-order valence-electron chi connectivity index (χ4n) is 2.38. The standard InChI is InChI=1S/C19H13ClF4N4O2S2/c20-13-6-3-11(19(22,23)24)8-14(13)25-16(30)9-31-18-28-27-17(32-18)26-15(29)7-10-1-4-12(21)5-2-10/h1-6,8H,7,9H2,(H,25,30)(H,26,27,29). The minimum Gasteiger partial charge on any atom is -0.324 e. The molecule has 0 spiro atoms. The van der Waals surface area contributed by atoms with Crippen LogP contribution in [0.3, 0.4) is 0 Å². The highest BCUT2D eigenvalue weighted by atomic mass is 35.5. The van der Waals surface area contributed by atoms with Gasteiger partial charge in [-0.05, 0) is 35.9 Å². The number of benzene rings is 2. The molecule has 3 rings (SSSR count). The molecule has 2 amide bonds. The van der Waals surface area contributed by atoms with Gasteiger partial charge in [0, 0.05) is 0 Å². The van der Waals surface area contributed by atoms with Gasteiger partial charge in [-0.3, -0.25) is 9.59 Å². The number of hydrogen-bond acceptors (Lipinski definition) is 6. The van der Waals surface area contributed by atoms with E-state index >= 15 is 0 Å². The Hall–Kier alpha value is -2.70. The van der Waals surface area contributed by atoms with Crippen LogP contribution in [0.4, 0.5) is 28.4 Å². The summed E-state index contributed by atoms with van der Waals surface area (Å²) in [7, 11) is 0. The zero-order valence-corrected chi connectivity index (χ0v) is 18.3. The average molecular weight is 505 g/mol. The van der Waals surface area contributed by atoms with Crippen molar-refractivity contribution in [2.24, 2.45) is 0 Å². The lowest BCUT2D eigenvalue weighted by Gasteiger charge is -2.11. The topological polar surface area (TPSA) is 84.0 Å². The van der Waals surface area contributed by atoms with E-state index < -0.39 is 23.5 Å². The van der Waals surface area contributed by atoms with Crippen LogP contribution in [0.25, 0.3) is 0 Å². The van der Waals surface area contributed by atoms with Crippen LogP contribution in [-0.4, -0.2) is 27.8 Å². The van der Waals surface area contributed by atoms with Gasteiger partial charge in [0.1, 0.15) is 5.82 Å². The van der Waals surface area contributed by atoms with Gasteiger partial charge >= 0.3 is 6.18 Å². The predicted octanol–water partition coefficient (Wildman–Crippen LogP) is 5.26. The Morgan fingerprint density at radius 1 is 1.03 bits per heavy atom. The van der Waals surface area contributed by atoms with E-state index in [1.54, 1.807) is 0 Å². The van der Waals surface area contributed by atoms with Crippen LogP contribution < -0.4 is 10.6 Å². The lowest BCUT2D eigenvalue weighted by atomic mass is 10.1. The number of anilines is 2. The van der Waals surface area contributed by atoms with Gasteiger partial charge in [0.25, 0.3) is 0 Å². The number of amides is 2. The van der Waals surface area contributed by atoms with Crippen molar-refractivity contribution >= 4 is 57.3 Å². The summed E-state index contributed by atoms with van der Waals surface area (Å²) in [6.07, 6.45) is -4.55. The zero-order chi connectivity index (χ0) is 23.3. The summed E-state index contributed by atoms with van der Waals surface area (Å²) < 4.78 is 51.7. The third-order valence-corrected chi connectivity index (χ3v) is 6.13. The number of rotatable bonds is 7. The Balaban J connectivity index is 1.51. The molecule has 2 aromatic carbocycles. The summed E-state index contributed by atoms with van der Waals surface area (Å²) in [5.41, 5.74) is -0.471. The summed E-state index contributed by atoms with van der Waals surface area (Å²) in [5, 5.41) is 12.7. The first-order valence-electron chi connectivity index (χ1n) is 8.77. The molecule has 0 bridgehead atoms. The van der Waals surface area contributed by atoms with Crippen LogP contribution in [0.15, 0.2) is 46.8 Å². The smallest absolute Gasteiger partial charge is 0.324 e. The molecule has 0 saturated carbocycles. The first-order chi connectivity index (χ1) is 15.1. The van der Waals surface area contributed by atoms with Gasteiger partial charge in [0.15, 0.2) is 4.34 Å². The molecule has 0 aliphatic carbocycles. The third kappa shape index (κ3) is 6.90. The van der Waals surface area contributed by atoms with Crippen molar-refractivity contribution in [1.82, 2.24) is 10.2 Å². The van der Waals surface area contributed by atoms with Gasteiger partial charge in [0.2, 0.25) is 16.9 Å². The van der Waals surface area contributed by atoms with Gasteiger partial charge in [0.05, 0.1) is 28.4 Å². The monoisotopic (exact) mass is 504 g/mol. The van der Waals surface area contributed by atoms with Gasteiger partial charge in [-0.25, -0.2) is 4.39 Å². The summed E-state index contributed by atoms with van der Waals surface area (Å²) in [5.74, 6) is -1.53. The maximum atomic E-state index is 12.9. The molecular weight excluding hydrogens is 492 g/mol. The van der Waals surface area contributed by atoms with Crippen LogP contribution in [0.1, 0.15) is 11.1 Å². The molecule has 1 aromatic heterocycles.